The highest BCUT2D eigenvalue weighted by atomic mass is 32.2. The molecule has 0 bridgehead atoms. The average molecular weight is 351 g/mol. The molecule has 1 N–H and O–H groups in total. The fourth-order valence-corrected chi connectivity index (χ4v) is 4.31. The number of thiazole rings is 1. The van der Waals surface area contributed by atoms with Crippen molar-refractivity contribution in [1.82, 2.24) is 9.71 Å². The van der Waals surface area contributed by atoms with Gasteiger partial charge in [-0.2, -0.15) is 0 Å². The van der Waals surface area contributed by atoms with Gasteiger partial charge in [0.2, 0.25) is 15.9 Å². The van der Waals surface area contributed by atoms with Crippen LogP contribution in [0.15, 0.2) is 34.0 Å². The number of aromatic nitrogens is 1. The van der Waals surface area contributed by atoms with Gasteiger partial charge in [-0.25, -0.2) is 18.1 Å². The van der Waals surface area contributed by atoms with E-state index in [1.807, 2.05) is 5.38 Å². The molecule has 0 unspecified atom stereocenters. The van der Waals surface area contributed by atoms with Crippen molar-refractivity contribution in [3.63, 3.8) is 0 Å². The number of carbonyl (C=O) groups is 1. The molecular weight excluding hydrogens is 334 g/mol. The lowest BCUT2D eigenvalue weighted by atomic mass is 10.2. The van der Waals surface area contributed by atoms with Crippen molar-refractivity contribution in [2.45, 2.75) is 24.7 Å². The molecule has 0 saturated heterocycles. The van der Waals surface area contributed by atoms with Gasteiger partial charge in [0.1, 0.15) is 0 Å². The molecule has 1 aliphatic heterocycles. The molecule has 0 fully saturated rings. The van der Waals surface area contributed by atoms with Crippen LogP contribution in [0.25, 0.3) is 0 Å². The monoisotopic (exact) mass is 351 g/mol. The third-order valence-electron chi connectivity index (χ3n) is 3.79. The van der Waals surface area contributed by atoms with Crippen molar-refractivity contribution in [3.05, 3.63) is 40.3 Å². The van der Waals surface area contributed by atoms with Crippen LogP contribution in [-0.4, -0.2) is 32.4 Å². The minimum Gasteiger partial charge on any atom is -0.312 e. The Morgan fingerprint density at radius 1 is 1.43 bits per heavy atom. The Labute approximate surface area is 139 Å². The highest BCUT2D eigenvalue weighted by Crippen LogP contribution is 2.30. The second-order valence-corrected chi connectivity index (χ2v) is 7.82. The van der Waals surface area contributed by atoms with Gasteiger partial charge in [0.15, 0.2) is 0 Å². The number of hydrogen-bond donors (Lipinski definition) is 1. The molecule has 1 aromatic carbocycles. The summed E-state index contributed by atoms with van der Waals surface area (Å²) >= 11 is 1.49. The fraction of sp³-hybridized carbons (Fsp3) is 0.333. The smallest absolute Gasteiger partial charge is 0.240 e. The standard InChI is InChI=1S/C15H17N3O3S2/c1-11(19)18-7-5-12-8-14(2-3-15(12)18)23(20,21)17-6-4-13-9-22-10-16-13/h2-3,8-10,17H,4-7H2,1H3. The van der Waals surface area contributed by atoms with E-state index in [0.717, 1.165) is 16.9 Å². The van der Waals surface area contributed by atoms with E-state index in [1.165, 1.54) is 18.3 Å². The van der Waals surface area contributed by atoms with Crippen LogP contribution in [0.5, 0.6) is 0 Å². The first kappa shape index (κ1) is 16.1. The van der Waals surface area contributed by atoms with Crippen molar-refractivity contribution in [3.8, 4) is 0 Å². The van der Waals surface area contributed by atoms with Gasteiger partial charge < -0.3 is 4.90 Å². The summed E-state index contributed by atoms with van der Waals surface area (Å²) in [6.45, 7) is 2.42. The number of nitrogens with one attached hydrogen (secondary N) is 1. The SMILES string of the molecule is CC(=O)N1CCc2cc(S(=O)(=O)NCCc3cscn3)ccc21. The zero-order chi connectivity index (χ0) is 16.4. The second kappa shape index (κ2) is 6.38. The quantitative estimate of drug-likeness (QED) is 0.887. The Kier molecular flexibility index (Phi) is 4.47. The van der Waals surface area contributed by atoms with Gasteiger partial charge in [-0.3, -0.25) is 4.79 Å². The minimum absolute atomic E-state index is 0.0271. The Hall–Kier alpha value is -1.77. The summed E-state index contributed by atoms with van der Waals surface area (Å²) in [6, 6.07) is 4.91. The maximum atomic E-state index is 12.4. The van der Waals surface area contributed by atoms with Gasteiger partial charge in [0.25, 0.3) is 0 Å². The zero-order valence-electron chi connectivity index (χ0n) is 12.7. The van der Waals surface area contributed by atoms with Crippen molar-refractivity contribution < 1.29 is 13.2 Å². The van der Waals surface area contributed by atoms with Crippen LogP contribution in [-0.2, 0) is 27.7 Å². The summed E-state index contributed by atoms with van der Waals surface area (Å²) in [5, 5.41) is 1.90. The third kappa shape index (κ3) is 3.44. The van der Waals surface area contributed by atoms with E-state index >= 15 is 0 Å². The topological polar surface area (TPSA) is 79.4 Å². The number of anilines is 1. The number of fused-ring (bicyclic) bond motifs is 1. The first-order chi connectivity index (χ1) is 11.0. The van der Waals surface area contributed by atoms with Crippen LogP contribution in [0.1, 0.15) is 18.2 Å². The van der Waals surface area contributed by atoms with Gasteiger partial charge in [-0.05, 0) is 30.2 Å². The van der Waals surface area contributed by atoms with Crippen molar-refractivity contribution in [1.29, 1.82) is 0 Å². The maximum absolute atomic E-state index is 12.4. The Morgan fingerprint density at radius 2 is 2.26 bits per heavy atom. The maximum Gasteiger partial charge on any atom is 0.240 e. The molecule has 0 saturated carbocycles. The number of nitrogens with zero attached hydrogens (tertiary/aromatic N) is 2. The average Bonchev–Trinajstić information content (AvgIpc) is 3.15. The molecule has 23 heavy (non-hydrogen) atoms. The number of benzene rings is 1. The molecule has 0 spiro atoms. The van der Waals surface area contributed by atoms with E-state index in [4.69, 9.17) is 0 Å². The molecule has 122 valence electrons. The molecule has 3 rings (SSSR count). The van der Waals surface area contributed by atoms with Gasteiger partial charge in [-0.15, -0.1) is 11.3 Å². The van der Waals surface area contributed by atoms with E-state index in [0.29, 0.717) is 25.9 Å². The van der Waals surface area contributed by atoms with Crippen LogP contribution in [0, 0.1) is 0 Å². The Morgan fingerprint density at radius 3 is 2.96 bits per heavy atom. The van der Waals surface area contributed by atoms with Gasteiger partial charge >= 0.3 is 0 Å². The van der Waals surface area contributed by atoms with E-state index in [1.54, 1.807) is 28.6 Å². The zero-order valence-corrected chi connectivity index (χ0v) is 14.3. The van der Waals surface area contributed by atoms with Gasteiger partial charge in [-0.1, -0.05) is 0 Å². The lowest BCUT2D eigenvalue weighted by Gasteiger charge is -2.15. The summed E-state index contributed by atoms with van der Waals surface area (Å²) in [4.78, 5) is 17.6. The molecule has 0 radical (unpaired) electrons. The normalized spacial score (nSPS) is 14.0. The summed E-state index contributed by atoms with van der Waals surface area (Å²) < 4.78 is 27.3. The van der Waals surface area contributed by atoms with E-state index in [9.17, 15) is 13.2 Å². The molecule has 8 heteroatoms. The van der Waals surface area contributed by atoms with Gasteiger partial charge in [0.05, 0.1) is 16.1 Å². The van der Waals surface area contributed by atoms with Crippen molar-refractivity contribution >= 4 is 33.0 Å². The van der Waals surface area contributed by atoms with Crippen LogP contribution >= 0.6 is 11.3 Å². The van der Waals surface area contributed by atoms with Crippen molar-refractivity contribution in [2.24, 2.45) is 0 Å². The number of sulfonamides is 1. The Balaban J connectivity index is 1.72. The molecule has 1 aliphatic rings. The largest absolute Gasteiger partial charge is 0.312 e. The van der Waals surface area contributed by atoms with E-state index in [2.05, 4.69) is 9.71 Å². The van der Waals surface area contributed by atoms with Crippen LogP contribution in [0.3, 0.4) is 0 Å². The summed E-state index contributed by atoms with van der Waals surface area (Å²) in [5.41, 5.74) is 4.30. The molecular formula is C15H17N3O3S2. The summed E-state index contributed by atoms with van der Waals surface area (Å²) in [7, 11) is -3.55. The molecule has 1 aromatic heterocycles. The molecule has 2 heterocycles. The predicted octanol–water partition coefficient (Wildman–Crippen LogP) is 1.57. The first-order valence-corrected chi connectivity index (χ1v) is 9.68. The summed E-state index contributed by atoms with van der Waals surface area (Å²) in [6.07, 6.45) is 1.24. The Bertz CT molecular complexity index is 816. The highest BCUT2D eigenvalue weighted by Gasteiger charge is 2.24. The molecule has 0 atom stereocenters. The number of rotatable bonds is 5. The second-order valence-electron chi connectivity index (χ2n) is 5.34. The molecule has 1 amide bonds. The lowest BCUT2D eigenvalue weighted by Crippen LogP contribution is -2.26. The van der Waals surface area contributed by atoms with Crippen LogP contribution < -0.4 is 9.62 Å². The highest BCUT2D eigenvalue weighted by molar-refractivity contribution is 7.89. The van der Waals surface area contributed by atoms with E-state index < -0.39 is 10.0 Å². The number of amides is 1. The third-order valence-corrected chi connectivity index (χ3v) is 5.89. The first-order valence-electron chi connectivity index (χ1n) is 7.25. The molecule has 6 nitrogen and oxygen atoms in total. The summed E-state index contributed by atoms with van der Waals surface area (Å²) in [5.74, 6) is -0.0271. The van der Waals surface area contributed by atoms with Crippen LogP contribution in [0.2, 0.25) is 0 Å². The molecule has 0 aliphatic carbocycles. The lowest BCUT2D eigenvalue weighted by molar-refractivity contribution is -0.116. The number of carbonyl (C=O) groups excluding carboxylic acids is 1. The predicted molar refractivity (Wildman–Crippen MR) is 89.2 cm³/mol. The van der Waals surface area contributed by atoms with Crippen LogP contribution in [0.4, 0.5) is 5.69 Å². The number of hydrogen-bond acceptors (Lipinski definition) is 5. The van der Waals surface area contributed by atoms with Crippen molar-refractivity contribution in [2.75, 3.05) is 18.0 Å². The van der Waals surface area contributed by atoms with Gasteiger partial charge in [0, 0.05) is 37.5 Å². The minimum atomic E-state index is -3.55. The van der Waals surface area contributed by atoms with E-state index in [-0.39, 0.29) is 10.8 Å². The fourth-order valence-electron chi connectivity index (χ4n) is 2.63. The molecule has 2 aromatic rings.